The third kappa shape index (κ3) is 12.8. The number of pyridine rings is 1. The number of β-lactam (4-membered cyclic amide) rings is 1. The number of ether oxygens (including phenoxy) is 4. The SMILES string of the molecule is COc1ccc(COC(=O)C2=C(C[n+]3cccc4c3ccn4CCCN(C)C(=O)OC(C)(C)C)CS(=O)C3C(NC(=O)/C(=N\OC(C)(C)C)c4nc(NC(=O)OC(C)(C)C)sc4Br)C(=O)N23)cc1. The Morgan fingerprint density at radius 1 is 1.00 bits per heavy atom. The Bertz CT molecular complexity index is 2660. The molecule has 3 unspecified atom stereocenters. The largest absolute Gasteiger partial charge is 0.497 e. The molecule has 5 heterocycles. The molecule has 2 aliphatic rings. The molecular weight excluding hydrogens is 985 g/mol. The van der Waals surface area contributed by atoms with E-state index in [-0.39, 0.29) is 41.1 Å². The van der Waals surface area contributed by atoms with E-state index in [1.807, 2.05) is 55.9 Å². The van der Waals surface area contributed by atoms with Crippen LogP contribution in [0.2, 0.25) is 0 Å². The van der Waals surface area contributed by atoms with Gasteiger partial charge in [0.25, 0.3) is 11.8 Å². The van der Waals surface area contributed by atoms with Gasteiger partial charge in [-0.25, -0.2) is 19.4 Å². The fourth-order valence-corrected chi connectivity index (χ4v) is 10.1. The van der Waals surface area contributed by atoms with E-state index in [0.29, 0.717) is 40.2 Å². The summed E-state index contributed by atoms with van der Waals surface area (Å²) in [6, 6.07) is 11.4. The number of aromatic nitrogens is 3. The van der Waals surface area contributed by atoms with E-state index in [4.69, 9.17) is 23.8 Å². The summed E-state index contributed by atoms with van der Waals surface area (Å²) in [6.07, 6.45) is 3.23. The molecule has 4 amide bonds. The van der Waals surface area contributed by atoms with Crippen molar-refractivity contribution in [2.45, 2.75) is 117 Å². The van der Waals surface area contributed by atoms with Crippen LogP contribution in [0.1, 0.15) is 80.0 Å². The fraction of sp³-hybridized carbons (Fsp3) is 0.478. The third-order valence-corrected chi connectivity index (χ3v) is 13.3. The molecule has 1 fully saturated rings. The summed E-state index contributed by atoms with van der Waals surface area (Å²) in [5.74, 6) is -1.90. The van der Waals surface area contributed by atoms with E-state index < -0.39 is 69.0 Å². The third-order valence-electron chi connectivity index (χ3n) is 10.0. The highest BCUT2D eigenvalue weighted by atomic mass is 79.9. The second-order valence-corrected chi connectivity index (χ2v) is 22.9. The van der Waals surface area contributed by atoms with Gasteiger partial charge in [-0.1, -0.05) is 28.6 Å². The number of hydrogen-bond donors (Lipinski definition) is 2. The number of methoxy groups -OCH3 is 1. The zero-order valence-corrected chi connectivity index (χ0v) is 43.2. The molecule has 2 N–H and O–H groups in total. The van der Waals surface area contributed by atoms with Gasteiger partial charge in [-0.15, -0.1) is 0 Å². The van der Waals surface area contributed by atoms with Crippen molar-refractivity contribution in [1.82, 2.24) is 24.7 Å². The van der Waals surface area contributed by atoms with Crippen molar-refractivity contribution in [2.75, 3.05) is 31.8 Å². The first-order valence-electron chi connectivity index (χ1n) is 21.7. The minimum absolute atomic E-state index is 0.00523. The predicted octanol–water partition coefficient (Wildman–Crippen LogP) is 6.39. The lowest BCUT2D eigenvalue weighted by atomic mass is 10.0. The highest BCUT2D eigenvalue weighted by Gasteiger charge is 2.58. The summed E-state index contributed by atoms with van der Waals surface area (Å²) in [6.45, 7) is 16.7. The first-order valence-corrected chi connectivity index (χ1v) is 24.7. The number of carbonyl (C=O) groups is 5. The lowest BCUT2D eigenvalue weighted by molar-refractivity contribution is -0.663. The van der Waals surface area contributed by atoms with Crippen LogP contribution in [-0.2, 0) is 63.9 Å². The Kier molecular flexibility index (Phi) is 15.7. The van der Waals surface area contributed by atoms with Crippen molar-refractivity contribution >= 4 is 89.9 Å². The maximum absolute atomic E-state index is 14.3. The highest BCUT2D eigenvalue weighted by molar-refractivity contribution is 9.11. The minimum Gasteiger partial charge on any atom is -0.497 e. The molecule has 0 radical (unpaired) electrons. The van der Waals surface area contributed by atoms with Crippen LogP contribution in [0.5, 0.6) is 5.75 Å². The number of aryl methyl sites for hydroxylation is 1. The van der Waals surface area contributed by atoms with Crippen molar-refractivity contribution in [3.63, 3.8) is 0 Å². The number of hydrogen-bond acceptors (Lipinski definition) is 14. The Morgan fingerprint density at radius 2 is 1.69 bits per heavy atom. The van der Waals surface area contributed by atoms with E-state index in [1.165, 1.54) is 0 Å². The van der Waals surface area contributed by atoms with Crippen LogP contribution in [0.3, 0.4) is 0 Å². The number of carbonyl (C=O) groups excluding carboxylic acids is 5. The Hall–Kier alpha value is -5.87. The van der Waals surface area contributed by atoms with Crippen LogP contribution in [0.25, 0.3) is 11.0 Å². The van der Waals surface area contributed by atoms with Crippen molar-refractivity contribution in [3.05, 3.63) is 81.2 Å². The van der Waals surface area contributed by atoms with Crippen molar-refractivity contribution < 1.29 is 56.5 Å². The molecule has 22 heteroatoms. The van der Waals surface area contributed by atoms with Gasteiger partial charge < -0.3 is 38.6 Å². The maximum Gasteiger partial charge on any atom is 0.413 e. The number of nitrogens with one attached hydrogen (secondary N) is 2. The number of amides is 4. The molecule has 1 aromatic carbocycles. The van der Waals surface area contributed by atoms with Crippen LogP contribution in [0.15, 0.2) is 75.1 Å². The van der Waals surface area contributed by atoms with Crippen molar-refractivity contribution in [2.24, 2.45) is 5.16 Å². The van der Waals surface area contributed by atoms with Gasteiger partial charge in [0, 0.05) is 44.0 Å². The topological polar surface area (TPSA) is 213 Å². The molecule has 366 valence electrons. The number of benzene rings is 1. The number of thiazole rings is 1. The average Bonchev–Trinajstić information content (AvgIpc) is 3.82. The molecule has 2 aliphatic heterocycles. The average molecular weight is 1040 g/mol. The van der Waals surface area contributed by atoms with Gasteiger partial charge in [0.2, 0.25) is 5.52 Å². The summed E-state index contributed by atoms with van der Waals surface area (Å²) < 4.78 is 40.5. The monoisotopic (exact) mass is 1040 g/mol. The quantitative estimate of drug-likeness (QED) is 0.0331. The zero-order valence-electron chi connectivity index (χ0n) is 40.0. The molecule has 0 aliphatic carbocycles. The summed E-state index contributed by atoms with van der Waals surface area (Å²) in [5.41, 5.74) is 0.0708. The number of rotatable bonds is 15. The first kappa shape index (κ1) is 51.5. The van der Waals surface area contributed by atoms with Gasteiger partial charge in [0.15, 0.2) is 23.6 Å². The molecule has 3 aromatic heterocycles. The minimum atomic E-state index is -1.82. The van der Waals surface area contributed by atoms with Gasteiger partial charge in [0.05, 0.1) is 23.7 Å². The Balaban J connectivity index is 1.27. The van der Waals surface area contributed by atoms with Crippen LogP contribution in [0, 0.1) is 0 Å². The molecule has 6 rings (SSSR count). The molecular formula is C46H58BrN8O11S2+. The van der Waals surface area contributed by atoms with Crippen LogP contribution in [-0.4, -0.2) is 114 Å². The van der Waals surface area contributed by atoms with Gasteiger partial charge in [-0.2, -0.15) is 4.57 Å². The molecule has 1 saturated heterocycles. The van der Waals surface area contributed by atoms with Crippen LogP contribution >= 0.6 is 27.3 Å². The number of fused-ring (bicyclic) bond motifs is 2. The predicted molar refractivity (Wildman–Crippen MR) is 258 cm³/mol. The molecule has 68 heavy (non-hydrogen) atoms. The van der Waals surface area contributed by atoms with E-state index in [9.17, 15) is 28.2 Å². The molecule has 3 atom stereocenters. The molecule has 0 bridgehead atoms. The molecule has 0 spiro atoms. The highest BCUT2D eigenvalue weighted by Crippen LogP contribution is 2.37. The second kappa shape index (κ2) is 20.8. The van der Waals surface area contributed by atoms with Crippen molar-refractivity contribution in [1.29, 1.82) is 0 Å². The van der Waals surface area contributed by atoms with E-state index in [2.05, 4.69) is 41.3 Å². The van der Waals surface area contributed by atoms with Gasteiger partial charge in [-0.3, -0.25) is 24.0 Å². The summed E-state index contributed by atoms with van der Waals surface area (Å²) in [5, 5.41) is 8.29. The van der Waals surface area contributed by atoms with E-state index in [1.54, 1.807) is 84.9 Å². The van der Waals surface area contributed by atoms with E-state index >= 15 is 0 Å². The van der Waals surface area contributed by atoms with E-state index in [0.717, 1.165) is 27.3 Å². The maximum atomic E-state index is 14.3. The van der Waals surface area contributed by atoms with Gasteiger partial charge in [-0.05, 0) is 108 Å². The fourth-order valence-electron chi connectivity index (χ4n) is 7.04. The van der Waals surface area contributed by atoms with Crippen molar-refractivity contribution in [3.8, 4) is 5.75 Å². The lowest BCUT2D eigenvalue weighted by Gasteiger charge is -2.49. The number of esters is 1. The molecule has 0 saturated carbocycles. The molecule has 4 aromatic rings. The van der Waals surface area contributed by atoms with Crippen LogP contribution in [0.4, 0.5) is 14.7 Å². The number of nitrogens with zero attached hydrogens (tertiary/aromatic N) is 6. The van der Waals surface area contributed by atoms with Gasteiger partial charge in [0.1, 0.15) is 61.3 Å². The normalized spacial score (nSPS) is 17.5. The van der Waals surface area contributed by atoms with Crippen LogP contribution < -0.4 is 19.9 Å². The second-order valence-electron chi connectivity index (χ2n) is 19.0. The number of oxime groups is 1. The summed E-state index contributed by atoms with van der Waals surface area (Å²) >= 11 is 4.41. The first-order chi connectivity index (χ1) is 31.8. The van der Waals surface area contributed by atoms with Gasteiger partial charge >= 0.3 is 18.2 Å². The molecule has 19 nitrogen and oxygen atoms in total. The standard InChI is InChI=1S/C46H57BrN8O11S2/c1-44(2,3)64-42(59)50-41-49-32(36(47)67-41)33(51-66-46(7,8)9)37(56)48-34-38(57)55-35(40(58)63-25-27-15-17-29(62-11)18-16-27)28(26-68(61)39(34)55)24-54-21-12-14-30-31(54)19-23-53(30)22-13-20-52(10)43(60)65-45(4,5)6/h12,14-19,21,23,34,39H,13,20,22,24-26H2,1-11H3,(H-,48,49,50,56,59)/p+1/b51-33-. The Labute approximate surface area is 409 Å². The number of anilines is 1. The summed E-state index contributed by atoms with van der Waals surface area (Å²) in [7, 11) is 1.41. The zero-order chi connectivity index (χ0) is 49.9. The smallest absolute Gasteiger partial charge is 0.413 e. The Morgan fingerprint density at radius 3 is 2.34 bits per heavy atom. The number of halogens is 1. The summed E-state index contributed by atoms with van der Waals surface area (Å²) in [4.78, 5) is 80.6. The lowest BCUT2D eigenvalue weighted by Crippen LogP contribution is -2.74.